The van der Waals surface area contributed by atoms with Crippen molar-refractivity contribution in [2.45, 2.75) is 170 Å². The summed E-state index contributed by atoms with van der Waals surface area (Å²) in [4.78, 5) is 64.0. The molecular weight excluding hydrogens is 1330 g/mol. The Kier molecular flexibility index (Phi) is 24.7. The van der Waals surface area contributed by atoms with Gasteiger partial charge in [-0.25, -0.2) is 0 Å². The zero-order valence-corrected chi connectivity index (χ0v) is 61.2. The molecule has 0 aliphatic heterocycles. The highest BCUT2D eigenvalue weighted by Crippen LogP contribution is 2.51. The third kappa shape index (κ3) is 17.3. The summed E-state index contributed by atoms with van der Waals surface area (Å²) in [5, 5.41) is 2.61. The van der Waals surface area contributed by atoms with Crippen LogP contribution < -0.4 is 0 Å². The number of thiophene rings is 7. The van der Waals surface area contributed by atoms with Gasteiger partial charge in [-0.1, -0.05) is 55.5 Å². The lowest BCUT2D eigenvalue weighted by Crippen LogP contribution is -2.03. The van der Waals surface area contributed by atoms with Gasteiger partial charge in [-0.15, -0.1) is 79.4 Å². The van der Waals surface area contributed by atoms with Crippen LogP contribution >= 0.6 is 91.1 Å². The van der Waals surface area contributed by atoms with Gasteiger partial charge in [-0.05, 0) is 219 Å². The van der Waals surface area contributed by atoms with Crippen molar-refractivity contribution in [3.63, 3.8) is 0 Å². The summed E-state index contributed by atoms with van der Waals surface area (Å²) < 4.78 is 33.7. The van der Waals surface area contributed by atoms with Crippen LogP contribution in [0, 0.1) is 13.8 Å². The number of ether oxygens (including phenoxy) is 4. The molecule has 0 amide bonds. The second-order valence-electron chi connectivity index (χ2n) is 23.8. The summed E-state index contributed by atoms with van der Waals surface area (Å²) in [6.45, 7) is 13.4. The van der Waals surface area contributed by atoms with E-state index in [4.69, 9.17) is 27.7 Å². The molecule has 0 N–H and O–H groups in total. The molecule has 0 atom stereocenters. The first-order chi connectivity index (χ1) is 45.9. The summed E-state index contributed by atoms with van der Waals surface area (Å²) in [6, 6.07) is 37.0. The van der Waals surface area contributed by atoms with E-state index in [-0.39, 0.29) is 23.9 Å². The van der Waals surface area contributed by atoms with Crippen LogP contribution in [0.4, 0.5) is 0 Å². The average molecular weight is 1410 g/mol. The number of aryl methyl sites for hydroxylation is 6. The second kappa shape index (κ2) is 33.6. The van der Waals surface area contributed by atoms with Crippen molar-refractivity contribution in [3.8, 4) is 70.3 Å². The maximum absolute atomic E-state index is 12.4. The molecule has 18 heteroatoms. The van der Waals surface area contributed by atoms with Crippen molar-refractivity contribution in [2.75, 3.05) is 26.4 Å². The third-order valence-corrected chi connectivity index (χ3v) is 26.2. The largest absolute Gasteiger partial charge is 0.466 e. The molecule has 0 bridgehead atoms. The van der Waals surface area contributed by atoms with E-state index in [9.17, 15) is 19.2 Å². The fourth-order valence-electron chi connectivity index (χ4n) is 12.3. The van der Waals surface area contributed by atoms with Crippen LogP contribution in [0.3, 0.4) is 0 Å². The summed E-state index contributed by atoms with van der Waals surface area (Å²) in [7, 11) is 0. The van der Waals surface area contributed by atoms with Crippen molar-refractivity contribution >= 4 is 146 Å². The average Bonchev–Trinajstić information content (AvgIpc) is 1.65. The molecular formula is C76H82N2O8S8. The predicted molar refractivity (Wildman–Crippen MR) is 400 cm³/mol. The summed E-state index contributed by atoms with van der Waals surface area (Å²) >= 11 is 14.3. The second-order valence-corrected chi connectivity index (χ2v) is 32.0. The number of carbonyl (C=O) groups is 4. The number of rotatable bonds is 35. The van der Waals surface area contributed by atoms with E-state index in [1.165, 1.54) is 114 Å². The molecule has 0 saturated carbocycles. The third-order valence-electron chi connectivity index (χ3n) is 16.9. The predicted octanol–water partition coefficient (Wildman–Crippen LogP) is 23.4. The Bertz CT molecular complexity index is 4390. The highest BCUT2D eigenvalue weighted by Gasteiger charge is 2.24. The number of unbranched alkanes of at least 4 members (excludes halogenated alkanes) is 8. The molecule has 0 saturated heterocycles. The number of aromatic nitrogens is 2. The Morgan fingerprint density at radius 2 is 0.723 bits per heavy atom. The smallest absolute Gasteiger partial charge is 0.305 e. The molecule has 0 aliphatic carbocycles. The topological polar surface area (TPSA) is 131 Å². The first kappa shape index (κ1) is 69.1. The maximum Gasteiger partial charge on any atom is 0.305 e. The van der Waals surface area contributed by atoms with Gasteiger partial charge in [0, 0.05) is 116 Å². The Balaban J connectivity index is 0.902. The van der Waals surface area contributed by atoms with E-state index >= 15 is 0 Å². The van der Waals surface area contributed by atoms with E-state index < -0.39 is 0 Å². The van der Waals surface area contributed by atoms with Gasteiger partial charge in [0.15, 0.2) is 0 Å². The number of esters is 4. The number of hydrogen-bond donors (Lipinski definition) is 0. The van der Waals surface area contributed by atoms with Crippen molar-refractivity contribution in [1.82, 2.24) is 8.75 Å². The molecule has 492 valence electrons. The summed E-state index contributed by atoms with van der Waals surface area (Å²) in [5.74, 6) is -0.500. The summed E-state index contributed by atoms with van der Waals surface area (Å²) in [5.41, 5.74) is 11.8. The van der Waals surface area contributed by atoms with Gasteiger partial charge in [-0.2, -0.15) is 8.75 Å². The van der Waals surface area contributed by atoms with Gasteiger partial charge in [-0.3, -0.25) is 19.2 Å². The van der Waals surface area contributed by atoms with Crippen LogP contribution in [0.15, 0.2) is 97.1 Å². The molecule has 94 heavy (non-hydrogen) atoms. The van der Waals surface area contributed by atoms with Gasteiger partial charge in [0.1, 0.15) is 11.0 Å². The van der Waals surface area contributed by atoms with Gasteiger partial charge < -0.3 is 18.9 Å². The van der Waals surface area contributed by atoms with Crippen LogP contribution in [-0.2, 0) is 63.8 Å². The maximum atomic E-state index is 12.4. The van der Waals surface area contributed by atoms with Crippen LogP contribution in [0.5, 0.6) is 0 Å². The lowest BCUT2D eigenvalue weighted by molar-refractivity contribution is -0.144. The van der Waals surface area contributed by atoms with E-state index in [0.29, 0.717) is 52.1 Å². The molecule has 10 nitrogen and oxygen atoms in total. The highest BCUT2D eigenvalue weighted by atomic mass is 32.1. The normalized spacial score (nSPS) is 11.6. The number of fused-ring (bicyclic) bond motifs is 4. The molecule has 11 aromatic rings. The Labute approximate surface area is 584 Å². The highest BCUT2D eigenvalue weighted by molar-refractivity contribution is 7.29. The number of nitrogens with zero attached hydrogens (tertiary/aromatic N) is 2. The minimum Gasteiger partial charge on any atom is -0.466 e. The monoisotopic (exact) mass is 1410 g/mol. The number of carbonyl (C=O) groups excluding carboxylic acids is 4. The molecule has 3 aromatic carbocycles. The van der Waals surface area contributed by atoms with Gasteiger partial charge in [0.05, 0.1) is 38.2 Å². The molecule has 8 aromatic heterocycles. The standard InChI is InChI=1S/C76H82N2O8S8/c1-7-83-67(79)27-19-11-15-23-50-42-48(6)87-73(50)60-37-38-62(89-60)75-52(25-17-13-21-29-69(81)85-9-3)45-65(92-75)54-33-34-55(72-71(54)77-94-78-72)66-46-53(26-18-14-22-30-70(82)86-10-4)76(93-66)63-40-39-61(90-63)74-51(24-16-12-20-28-68(80)84-8-2)44-64(91-74)49-32-36-59-57(43-49)56-41-47(5)31-35-58(56)88-59/h31-46H,7-30H2,1-6H3. The quantitative estimate of drug-likeness (QED) is 0.0215. The molecule has 0 aliphatic rings. The van der Waals surface area contributed by atoms with Gasteiger partial charge in [0.2, 0.25) is 0 Å². The fourth-order valence-corrected chi connectivity index (χ4v) is 21.3. The van der Waals surface area contributed by atoms with Crippen LogP contribution in [0.1, 0.15) is 163 Å². The Hall–Kier alpha value is -6.22. The molecule has 0 unspecified atom stereocenters. The zero-order chi connectivity index (χ0) is 65.5. The van der Waals surface area contributed by atoms with Crippen molar-refractivity contribution in [3.05, 3.63) is 130 Å². The molecule has 0 fully saturated rings. The van der Waals surface area contributed by atoms with E-state index in [2.05, 4.69) is 111 Å². The van der Waals surface area contributed by atoms with E-state index in [1.807, 2.05) is 107 Å². The fraction of sp³-hybridized carbons (Fsp3) is 0.395. The Morgan fingerprint density at radius 1 is 0.351 bits per heavy atom. The first-order valence-corrected chi connectivity index (χ1v) is 39.8. The lowest BCUT2D eigenvalue weighted by Gasteiger charge is -2.04. The molecule has 11 rings (SSSR count). The van der Waals surface area contributed by atoms with Crippen molar-refractivity contribution < 1.29 is 38.1 Å². The Morgan fingerprint density at radius 3 is 1.15 bits per heavy atom. The minimum absolute atomic E-state index is 0.113. The molecule has 0 spiro atoms. The first-order valence-electron chi connectivity index (χ1n) is 33.4. The SMILES string of the molecule is CCOC(=O)CCCCCc1cc(C)sc1-c1ccc(-c2sc(-c3ccc(-c4cc(CCCCCC(=O)OCC)c(-c5ccc(-c6sc(-c7ccc8sc9ccc(C)cc9c8c7)cc6CCCCCC(=O)OCC)s5)s4)c4nsnc34)cc2CCCCCC(=O)OCC)s1. The van der Waals surface area contributed by atoms with Crippen LogP contribution in [0.25, 0.3) is 102 Å². The van der Waals surface area contributed by atoms with E-state index in [0.717, 1.165) is 135 Å². The number of benzene rings is 3. The van der Waals surface area contributed by atoms with Crippen molar-refractivity contribution in [2.24, 2.45) is 0 Å². The molecule has 8 heterocycles. The lowest BCUT2D eigenvalue weighted by atomic mass is 10.0. The number of hydrogen-bond acceptors (Lipinski definition) is 18. The van der Waals surface area contributed by atoms with Gasteiger partial charge >= 0.3 is 23.9 Å². The van der Waals surface area contributed by atoms with Crippen LogP contribution in [0.2, 0.25) is 0 Å². The minimum atomic E-state index is -0.134. The van der Waals surface area contributed by atoms with Crippen molar-refractivity contribution in [1.29, 1.82) is 0 Å². The van der Waals surface area contributed by atoms with E-state index in [1.54, 1.807) is 0 Å². The summed E-state index contributed by atoms with van der Waals surface area (Å²) in [6.07, 6.45) is 16.3. The molecule has 0 radical (unpaired) electrons. The van der Waals surface area contributed by atoms with Gasteiger partial charge in [0.25, 0.3) is 0 Å². The van der Waals surface area contributed by atoms with Crippen LogP contribution in [-0.4, -0.2) is 59.1 Å². The zero-order valence-electron chi connectivity index (χ0n) is 54.6.